The van der Waals surface area contributed by atoms with Crippen molar-refractivity contribution in [2.45, 2.75) is 97.8 Å². The van der Waals surface area contributed by atoms with Gasteiger partial charge in [0.25, 0.3) is 0 Å². The van der Waals surface area contributed by atoms with E-state index in [0.717, 1.165) is 31.6 Å². The van der Waals surface area contributed by atoms with Crippen molar-refractivity contribution in [2.24, 2.45) is 5.92 Å². The molecule has 0 rings (SSSR count). The molecular formula is C24H44O4. The summed E-state index contributed by atoms with van der Waals surface area (Å²) in [6, 6.07) is 0. The van der Waals surface area contributed by atoms with Crippen molar-refractivity contribution in [3.63, 3.8) is 0 Å². The van der Waals surface area contributed by atoms with Crippen molar-refractivity contribution in [1.29, 1.82) is 0 Å². The number of ether oxygens (including phenoxy) is 2. The van der Waals surface area contributed by atoms with E-state index >= 15 is 0 Å². The van der Waals surface area contributed by atoms with Crippen molar-refractivity contribution in [1.82, 2.24) is 0 Å². The minimum Gasteiger partial charge on any atom is -0.463 e. The molecule has 28 heavy (non-hydrogen) atoms. The van der Waals surface area contributed by atoms with Crippen LogP contribution in [0.15, 0.2) is 25.3 Å². The molecule has 0 amide bonds. The smallest absolute Gasteiger partial charge is 0.330 e. The minimum atomic E-state index is -0.312. The highest BCUT2D eigenvalue weighted by Crippen LogP contribution is 2.10. The molecule has 0 aromatic carbocycles. The summed E-state index contributed by atoms with van der Waals surface area (Å²) in [7, 11) is 0. The van der Waals surface area contributed by atoms with Crippen LogP contribution in [0, 0.1) is 5.92 Å². The molecule has 164 valence electrons. The monoisotopic (exact) mass is 396 g/mol. The maximum atomic E-state index is 10.7. The van der Waals surface area contributed by atoms with Crippen LogP contribution in [-0.2, 0) is 19.1 Å². The minimum absolute atomic E-state index is 0.310. The molecular weight excluding hydrogens is 352 g/mol. The van der Waals surface area contributed by atoms with Gasteiger partial charge in [-0.2, -0.15) is 0 Å². The second-order valence-electron chi connectivity index (χ2n) is 7.46. The van der Waals surface area contributed by atoms with Crippen LogP contribution in [0.2, 0.25) is 0 Å². The Kier molecular flexibility index (Phi) is 24.0. The van der Waals surface area contributed by atoms with E-state index in [1.54, 1.807) is 0 Å². The first kappa shape index (κ1) is 28.6. The van der Waals surface area contributed by atoms with E-state index in [-0.39, 0.29) is 11.9 Å². The SMILES string of the molecule is C=CC(=O)OCCCCCCCC.C=CC(=O)OCCCCCCCC(C)C. The van der Waals surface area contributed by atoms with Crippen molar-refractivity contribution < 1.29 is 19.1 Å². The van der Waals surface area contributed by atoms with E-state index in [1.165, 1.54) is 63.5 Å². The Morgan fingerprint density at radius 2 is 1.11 bits per heavy atom. The summed E-state index contributed by atoms with van der Waals surface area (Å²) in [6.07, 6.45) is 17.0. The van der Waals surface area contributed by atoms with E-state index in [9.17, 15) is 9.59 Å². The van der Waals surface area contributed by atoms with Gasteiger partial charge >= 0.3 is 11.9 Å². The molecule has 0 atom stereocenters. The Hall–Kier alpha value is -1.58. The summed E-state index contributed by atoms with van der Waals surface area (Å²) >= 11 is 0. The summed E-state index contributed by atoms with van der Waals surface area (Å²) in [5.41, 5.74) is 0. The predicted molar refractivity (Wildman–Crippen MR) is 118 cm³/mol. The van der Waals surface area contributed by atoms with Gasteiger partial charge in [0, 0.05) is 12.2 Å². The highest BCUT2D eigenvalue weighted by Gasteiger charge is 1.97. The molecule has 0 heterocycles. The number of unbranched alkanes of at least 4 members (excludes halogenated alkanes) is 9. The van der Waals surface area contributed by atoms with Crippen LogP contribution in [-0.4, -0.2) is 25.2 Å². The quantitative estimate of drug-likeness (QED) is 0.154. The topological polar surface area (TPSA) is 52.6 Å². The molecule has 0 saturated carbocycles. The van der Waals surface area contributed by atoms with Crippen molar-refractivity contribution in [3.05, 3.63) is 25.3 Å². The molecule has 0 aliphatic rings. The van der Waals surface area contributed by atoms with Gasteiger partial charge in [0.2, 0.25) is 0 Å². The highest BCUT2D eigenvalue weighted by atomic mass is 16.5. The van der Waals surface area contributed by atoms with Gasteiger partial charge in [-0.25, -0.2) is 9.59 Å². The maximum absolute atomic E-state index is 10.7. The molecule has 0 saturated heterocycles. The van der Waals surface area contributed by atoms with Gasteiger partial charge in [-0.15, -0.1) is 0 Å². The Labute approximate surface area is 173 Å². The number of rotatable bonds is 17. The fraction of sp³-hybridized carbons (Fsp3) is 0.750. The van der Waals surface area contributed by atoms with E-state index in [1.807, 2.05) is 0 Å². The lowest BCUT2D eigenvalue weighted by Crippen LogP contribution is -2.01. The highest BCUT2D eigenvalue weighted by molar-refractivity contribution is 5.81. The van der Waals surface area contributed by atoms with Gasteiger partial charge in [0.05, 0.1) is 13.2 Å². The number of esters is 2. The molecule has 0 bridgehead atoms. The summed E-state index contributed by atoms with van der Waals surface area (Å²) in [6.45, 7) is 14.5. The van der Waals surface area contributed by atoms with Gasteiger partial charge in [-0.05, 0) is 18.8 Å². The number of carbonyl (C=O) groups excluding carboxylic acids is 2. The van der Waals surface area contributed by atoms with Gasteiger partial charge in [0.1, 0.15) is 0 Å². The molecule has 0 aromatic rings. The zero-order valence-corrected chi connectivity index (χ0v) is 18.7. The largest absolute Gasteiger partial charge is 0.463 e. The first-order valence-electron chi connectivity index (χ1n) is 11.1. The van der Waals surface area contributed by atoms with Crippen LogP contribution in [0.5, 0.6) is 0 Å². The molecule has 0 N–H and O–H groups in total. The maximum Gasteiger partial charge on any atom is 0.330 e. The Balaban J connectivity index is 0. The van der Waals surface area contributed by atoms with E-state index in [0.29, 0.717) is 13.2 Å². The van der Waals surface area contributed by atoms with Gasteiger partial charge in [-0.1, -0.05) is 98.1 Å². The third-order valence-corrected chi connectivity index (χ3v) is 4.25. The zero-order chi connectivity index (χ0) is 21.5. The van der Waals surface area contributed by atoms with Crippen LogP contribution in [0.1, 0.15) is 97.8 Å². The molecule has 0 fully saturated rings. The van der Waals surface area contributed by atoms with Crippen LogP contribution < -0.4 is 0 Å². The predicted octanol–water partition coefficient (Wildman–Crippen LogP) is 6.79. The summed E-state index contributed by atoms with van der Waals surface area (Å²) in [5, 5.41) is 0. The lowest BCUT2D eigenvalue weighted by atomic mass is 10.0. The average Bonchev–Trinajstić information content (AvgIpc) is 2.69. The number of hydrogen-bond donors (Lipinski definition) is 0. The summed E-state index contributed by atoms with van der Waals surface area (Å²) in [4.78, 5) is 21.3. The summed E-state index contributed by atoms with van der Waals surface area (Å²) < 4.78 is 9.72. The molecule has 0 aliphatic heterocycles. The van der Waals surface area contributed by atoms with E-state index in [2.05, 4.69) is 33.9 Å². The molecule has 0 unspecified atom stereocenters. The first-order valence-corrected chi connectivity index (χ1v) is 11.1. The van der Waals surface area contributed by atoms with Crippen molar-refractivity contribution >= 4 is 11.9 Å². The molecule has 4 nitrogen and oxygen atoms in total. The molecule has 0 aromatic heterocycles. The second kappa shape index (κ2) is 23.5. The lowest BCUT2D eigenvalue weighted by molar-refractivity contribution is -0.138. The second-order valence-corrected chi connectivity index (χ2v) is 7.46. The fourth-order valence-electron chi connectivity index (χ4n) is 2.53. The lowest BCUT2D eigenvalue weighted by Gasteiger charge is -2.04. The van der Waals surface area contributed by atoms with Crippen molar-refractivity contribution in [3.8, 4) is 0 Å². The van der Waals surface area contributed by atoms with Crippen LogP contribution >= 0.6 is 0 Å². The zero-order valence-electron chi connectivity index (χ0n) is 18.7. The number of hydrogen-bond acceptors (Lipinski definition) is 4. The van der Waals surface area contributed by atoms with E-state index in [4.69, 9.17) is 9.47 Å². The van der Waals surface area contributed by atoms with Crippen LogP contribution in [0.3, 0.4) is 0 Å². The average molecular weight is 397 g/mol. The summed E-state index contributed by atoms with van der Waals surface area (Å²) in [5.74, 6) is 0.196. The Bertz CT molecular complexity index is 388. The van der Waals surface area contributed by atoms with E-state index < -0.39 is 0 Å². The normalized spacial score (nSPS) is 10.0. The fourth-order valence-corrected chi connectivity index (χ4v) is 2.53. The standard InChI is InChI=1S/C13H24O2.C11H20O2/c1-4-13(14)15-11-9-7-5-6-8-10-12(2)3;1-3-5-6-7-8-9-10-13-11(12)4-2/h4,12H,1,5-11H2,2-3H3;4H,2-3,5-10H2,1H3. The van der Waals surface area contributed by atoms with Crippen LogP contribution in [0.4, 0.5) is 0 Å². The molecule has 0 radical (unpaired) electrons. The third kappa shape index (κ3) is 26.6. The Morgan fingerprint density at radius 1 is 0.714 bits per heavy atom. The van der Waals surface area contributed by atoms with Gasteiger partial charge in [-0.3, -0.25) is 0 Å². The van der Waals surface area contributed by atoms with Gasteiger partial charge in [0.15, 0.2) is 0 Å². The van der Waals surface area contributed by atoms with Crippen molar-refractivity contribution in [2.75, 3.05) is 13.2 Å². The molecule has 0 aliphatic carbocycles. The number of carbonyl (C=O) groups is 2. The Morgan fingerprint density at radius 3 is 1.50 bits per heavy atom. The third-order valence-electron chi connectivity index (χ3n) is 4.25. The van der Waals surface area contributed by atoms with Gasteiger partial charge < -0.3 is 9.47 Å². The first-order chi connectivity index (χ1) is 13.5. The molecule has 4 heteroatoms. The molecule has 0 spiro atoms. The van der Waals surface area contributed by atoms with Crippen LogP contribution in [0.25, 0.3) is 0 Å².